The highest BCUT2D eigenvalue weighted by Crippen LogP contribution is 2.31. The first-order valence-corrected chi connectivity index (χ1v) is 10.6. The number of carbonyl (C=O) groups is 1. The van der Waals surface area contributed by atoms with Crippen molar-refractivity contribution in [2.24, 2.45) is 4.99 Å². The minimum absolute atomic E-state index is 0. The van der Waals surface area contributed by atoms with Crippen molar-refractivity contribution in [1.82, 2.24) is 15.5 Å². The SMILES string of the molecule is CCCNC(=NCC(=O)N(C)C)NC(C)c1ccc(OCCC)c(OCCC)c1.I. The molecule has 0 bridgehead atoms. The minimum Gasteiger partial charge on any atom is -0.490 e. The van der Waals surface area contributed by atoms with E-state index in [9.17, 15) is 4.79 Å². The standard InChI is InChI=1S/C22H38N4O3.HI/c1-7-12-23-22(24-16-21(27)26(5)6)25-17(4)18-10-11-19(28-13-8-2)20(15-18)29-14-9-3;/h10-11,15,17H,7-9,12-14,16H2,1-6H3,(H2,23,24,25);1H. The molecule has 30 heavy (non-hydrogen) atoms. The third-order valence-electron chi connectivity index (χ3n) is 4.16. The van der Waals surface area contributed by atoms with Crippen LogP contribution in [0.15, 0.2) is 23.2 Å². The Balaban J connectivity index is 0.00000841. The number of benzene rings is 1. The number of nitrogens with zero attached hydrogens (tertiary/aromatic N) is 2. The molecule has 0 aromatic heterocycles. The first kappa shape index (κ1) is 28.3. The van der Waals surface area contributed by atoms with E-state index in [4.69, 9.17) is 9.47 Å². The maximum atomic E-state index is 11.9. The smallest absolute Gasteiger partial charge is 0.243 e. The number of amides is 1. The molecule has 0 saturated heterocycles. The molecule has 0 aliphatic carbocycles. The Kier molecular flexibility index (Phi) is 15.1. The fourth-order valence-corrected chi connectivity index (χ4v) is 2.42. The van der Waals surface area contributed by atoms with Crippen LogP contribution in [0, 0.1) is 0 Å². The van der Waals surface area contributed by atoms with Crippen molar-refractivity contribution in [3.63, 3.8) is 0 Å². The summed E-state index contributed by atoms with van der Waals surface area (Å²) in [6.07, 6.45) is 2.85. The summed E-state index contributed by atoms with van der Waals surface area (Å²) >= 11 is 0. The zero-order valence-electron chi connectivity index (χ0n) is 19.3. The molecule has 1 aromatic carbocycles. The molecule has 0 spiro atoms. The normalized spacial score (nSPS) is 11.9. The monoisotopic (exact) mass is 534 g/mol. The average molecular weight is 534 g/mol. The number of rotatable bonds is 12. The molecular weight excluding hydrogens is 495 g/mol. The number of hydrogen-bond donors (Lipinski definition) is 2. The van der Waals surface area contributed by atoms with Crippen LogP contribution in [-0.4, -0.2) is 57.2 Å². The van der Waals surface area contributed by atoms with Crippen LogP contribution in [0.2, 0.25) is 0 Å². The summed E-state index contributed by atoms with van der Waals surface area (Å²) in [6, 6.07) is 5.99. The van der Waals surface area contributed by atoms with Gasteiger partial charge in [0.2, 0.25) is 5.91 Å². The Morgan fingerprint density at radius 1 is 1.07 bits per heavy atom. The summed E-state index contributed by atoms with van der Waals surface area (Å²) in [5.74, 6) is 2.11. The van der Waals surface area contributed by atoms with E-state index >= 15 is 0 Å². The molecule has 0 aliphatic rings. The molecule has 0 saturated carbocycles. The van der Waals surface area contributed by atoms with Crippen molar-refractivity contribution in [3.8, 4) is 11.5 Å². The van der Waals surface area contributed by atoms with Gasteiger partial charge < -0.3 is 25.0 Å². The van der Waals surface area contributed by atoms with Crippen LogP contribution >= 0.6 is 24.0 Å². The number of hydrogen-bond acceptors (Lipinski definition) is 4. The molecule has 1 atom stereocenters. The molecule has 7 nitrogen and oxygen atoms in total. The van der Waals surface area contributed by atoms with Crippen molar-refractivity contribution < 1.29 is 14.3 Å². The van der Waals surface area contributed by atoms with E-state index in [0.717, 1.165) is 42.9 Å². The Labute approximate surface area is 199 Å². The highest BCUT2D eigenvalue weighted by Gasteiger charge is 2.13. The van der Waals surface area contributed by atoms with Gasteiger partial charge in [-0.1, -0.05) is 26.8 Å². The van der Waals surface area contributed by atoms with E-state index < -0.39 is 0 Å². The first-order chi connectivity index (χ1) is 13.9. The van der Waals surface area contributed by atoms with Gasteiger partial charge in [-0.3, -0.25) is 4.79 Å². The number of ether oxygens (including phenoxy) is 2. The van der Waals surface area contributed by atoms with Crippen LogP contribution in [0.4, 0.5) is 0 Å². The zero-order valence-corrected chi connectivity index (χ0v) is 21.6. The van der Waals surface area contributed by atoms with Crippen molar-refractivity contribution in [3.05, 3.63) is 23.8 Å². The van der Waals surface area contributed by atoms with Gasteiger partial charge in [0.1, 0.15) is 6.54 Å². The lowest BCUT2D eigenvalue weighted by Crippen LogP contribution is -2.40. The van der Waals surface area contributed by atoms with Gasteiger partial charge in [-0.05, 0) is 43.9 Å². The van der Waals surface area contributed by atoms with Crippen molar-refractivity contribution in [1.29, 1.82) is 0 Å². The number of aliphatic imine (C=N–C) groups is 1. The van der Waals surface area contributed by atoms with E-state index in [0.29, 0.717) is 19.2 Å². The van der Waals surface area contributed by atoms with Gasteiger partial charge in [0.15, 0.2) is 17.5 Å². The number of halogens is 1. The summed E-state index contributed by atoms with van der Waals surface area (Å²) in [6.45, 7) is 10.5. The predicted octanol–water partition coefficient (Wildman–Crippen LogP) is 3.98. The van der Waals surface area contributed by atoms with E-state index in [1.807, 2.05) is 18.2 Å². The second-order valence-corrected chi connectivity index (χ2v) is 7.15. The maximum absolute atomic E-state index is 11.9. The summed E-state index contributed by atoms with van der Waals surface area (Å²) in [5.41, 5.74) is 1.06. The van der Waals surface area contributed by atoms with Crippen LogP contribution < -0.4 is 20.1 Å². The van der Waals surface area contributed by atoms with E-state index in [-0.39, 0.29) is 42.5 Å². The fraction of sp³-hybridized carbons (Fsp3) is 0.636. The van der Waals surface area contributed by atoms with E-state index in [1.165, 1.54) is 4.90 Å². The fourth-order valence-electron chi connectivity index (χ4n) is 2.42. The largest absolute Gasteiger partial charge is 0.490 e. The molecule has 8 heteroatoms. The Bertz CT molecular complexity index is 653. The molecule has 0 heterocycles. The molecule has 1 unspecified atom stereocenters. The minimum atomic E-state index is -0.0390. The summed E-state index contributed by atoms with van der Waals surface area (Å²) in [7, 11) is 3.46. The van der Waals surface area contributed by atoms with Crippen LogP contribution in [0.3, 0.4) is 0 Å². The Hall–Kier alpha value is -1.71. The van der Waals surface area contributed by atoms with Crippen molar-refractivity contribution in [2.75, 3.05) is 40.4 Å². The third-order valence-corrected chi connectivity index (χ3v) is 4.16. The van der Waals surface area contributed by atoms with Gasteiger partial charge in [-0.25, -0.2) is 4.99 Å². The molecule has 1 rings (SSSR count). The first-order valence-electron chi connectivity index (χ1n) is 10.6. The van der Waals surface area contributed by atoms with Gasteiger partial charge >= 0.3 is 0 Å². The molecule has 2 N–H and O–H groups in total. The van der Waals surface area contributed by atoms with Gasteiger partial charge in [0.05, 0.1) is 19.3 Å². The van der Waals surface area contributed by atoms with Crippen LogP contribution in [0.25, 0.3) is 0 Å². The van der Waals surface area contributed by atoms with E-state index in [1.54, 1.807) is 14.1 Å². The molecule has 0 radical (unpaired) electrons. The zero-order chi connectivity index (χ0) is 21.6. The number of carbonyl (C=O) groups excluding carboxylic acids is 1. The topological polar surface area (TPSA) is 75.2 Å². The van der Waals surface area contributed by atoms with Crippen LogP contribution in [0.5, 0.6) is 11.5 Å². The molecule has 0 aliphatic heterocycles. The quantitative estimate of drug-likeness (QED) is 0.241. The second-order valence-electron chi connectivity index (χ2n) is 7.15. The molecule has 172 valence electrons. The molecular formula is C22H39IN4O3. The Morgan fingerprint density at radius 3 is 2.27 bits per heavy atom. The average Bonchev–Trinajstić information content (AvgIpc) is 2.72. The van der Waals surface area contributed by atoms with Gasteiger partial charge in [0, 0.05) is 20.6 Å². The van der Waals surface area contributed by atoms with Crippen LogP contribution in [-0.2, 0) is 4.79 Å². The summed E-state index contributed by atoms with van der Waals surface area (Å²) in [4.78, 5) is 17.8. The third kappa shape index (κ3) is 10.4. The highest BCUT2D eigenvalue weighted by molar-refractivity contribution is 14.0. The molecule has 0 fully saturated rings. The van der Waals surface area contributed by atoms with Crippen molar-refractivity contribution >= 4 is 35.8 Å². The molecule has 1 aromatic rings. The number of nitrogens with one attached hydrogen (secondary N) is 2. The summed E-state index contributed by atoms with van der Waals surface area (Å²) in [5, 5.41) is 6.64. The maximum Gasteiger partial charge on any atom is 0.243 e. The van der Waals surface area contributed by atoms with Crippen molar-refractivity contribution in [2.45, 2.75) is 53.0 Å². The predicted molar refractivity (Wildman–Crippen MR) is 134 cm³/mol. The summed E-state index contributed by atoms with van der Waals surface area (Å²) < 4.78 is 11.7. The lowest BCUT2D eigenvalue weighted by atomic mass is 10.1. The van der Waals surface area contributed by atoms with Crippen LogP contribution in [0.1, 0.15) is 58.6 Å². The Morgan fingerprint density at radius 2 is 1.70 bits per heavy atom. The second kappa shape index (κ2) is 16.0. The number of likely N-dealkylation sites (N-methyl/N-ethyl adjacent to an activating group) is 1. The lowest BCUT2D eigenvalue weighted by molar-refractivity contribution is -0.127. The van der Waals surface area contributed by atoms with Gasteiger partial charge in [-0.2, -0.15) is 0 Å². The lowest BCUT2D eigenvalue weighted by Gasteiger charge is -2.20. The number of guanidine groups is 1. The van der Waals surface area contributed by atoms with Gasteiger partial charge in [-0.15, -0.1) is 24.0 Å². The van der Waals surface area contributed by atoms with E-state index in [2.05, 4.69) is 43.3 Å². The molecule has 1 amide bonds. The van der Waals surface area contributed by atoms with Gasteiger partial charge in [0.25, 0.3) is 0 Å². The highest BCUT2D eigenvalue weighted by atomic mass is 127.